The van der Waals surface area contributed by atoms with Gasteiger partial charge in [0.1, 0.15) is 0 Å². The smallest absolute Gasteiger partial charge is 0.748 e. The SMILES string of the molecule is CCCCCCCCCCCCCCCCCS(=O)(=O)[O-].[Ag+]. The zero-order chi connectivity index (χ0) is 15.8. The largest absolute Gasteiger partial charge is 1.00 e. The summed E-state index contributed by atoms with van der Waals surface area (Å²) in [6.07, 6.45) is 18.6. The van der Waals surface area contributed by atoms with E-state index in [1.54, 1.807) is 0 Å². The maximum atomic E-state index is 10.4. The van der Waals surface area contributed by atoms with Crippen LogP contribution in [0.2, 0.25) is 0 Å². The van der Waals surface area contributed by atoms with Crippen LogP contribution in [0.4, 0.5) is 0 Å². The van der Waals surface area contributed by atoms with Crippen LogP contribution >= 0.6 is 0 Å². The molecule has 0 heterocycles. The van der Waals surface area contributed by atoms with Crippen molar-refractivity contribution in [2.75, 3.05) is 5.75 Å². The van der Waals surface area contributed by atoms with Crippen LogP contribution in [0, 0.1) is 0 Å². The number of hydrogen-bond acceptors (Lipinski definition) is 3. The number of unbranched alkanes of at least 4 members (excludes halogenated alkanes) is 14. The second-order valence-corrected chi connectivity index (χ2v) is 7.74. The summed E-state index contributed by atoms with van der Waals surface area (Å²) in [4.78, 5) is 0. The van der Waals surface area contributed by atoms with Gasteiger partial charge >= 0.3 is 22.4 Å². The van der Waals surface area contributed by atoms with Gasteiger partial charge in [0.15, 0.2) is 0 Å². The summed E-state index contributed by atoms with van der Waals surface area (Å²) < 4.78 is 31.2. The summed E-state index contributed by atoms with van der Waals surface area (Å²) in [6, 6.07) is 0. The summed E-state index contributed by atoms with van der Waals surface area (Å²) in [5, 5.41) is 0. The van der Waals surface area contributed by atoms with Crippen molar-refractivity contribution in [1.29, 1.82) is 0 Å². The molecule has 22 heavy (non-hydrogen) atoms. The van der Waals surface area contributed by atoms with E-state index in [-0.39, 0.29) is 28.1 Å². The van der Waals surface area contributed by atoms with Crippen LogP contribution in [0.25, 0.3) is 0 Å². The van der Waals surface area contributed by atoms with Crippen molar-refractivity contribution in [3.8, 4) is 0 Å². The van der Waals surface area contributed by atoms with Crippen molar-refractivity contribution in [2.45, 2.75) is 103 Å². The molecule has 0 saturated heterocycles. The van der Waals surface area contributed by atoms with E-state index < -0.39 is 10.1 Å². The normalized spacial score (nSPS) is 11.4. The Labute approximate surface area is 154 Å². The molecule has 0 fully saturated rings. The molecule has 0 aliphatic rings. The van der Waals surface area contributed by atoms with E-state index in [0.717, 1.165) is 12.8 Å². The monoisotopic (exact) mass is 426 g/mol. The summed E-state index contributed by atoms with van der Waals surface area (Å²) >= 11 is 0. The Bertz CT molecular complexity index is 305. The molecule has 0 N–H and O–H groups in total. The van der Waals surface area contributed by atoms with Crippen molar-refractivity contribution >= 4 is 10.1 Å². The van der Waals surface area contributed by atoms with Crippen LogP contribution in [0.1, 0.15) is 103 Å². The minimum atomic E-state index is -3.99. The van der Waals surface area contributed by atoms with E-state index in [1.165, 1.54) is 77.0 Å². The fraction of sp³-hybridized carbons (Fsp3) is 1.00. The van der Waals surface area contributed by atoms with Gasteiger partial charge in [-0.1, -0.05) is 96.8 Å². The molecule has 0 bridgehead atoms. The first-order chi connectivity index (χ1) is 10.1. The van der Waals surface area contributed by atoms with Crippen LogP contribution in [0.5, 0.6) is 0 Å². The van der Waals surface area contributed by atoms with Gasteiger partial charge in [-0.2, -0.15) is 0 Å². The van der Waals surface area contributed by atoms with Gasteiger partial charge in [0.2, 0.25) is 0 Å². The standard InChI is InChI=1S/C17H36O3S.Ag/c1-2-3-4-5-6-7-8-9-10-11-12-13-14-15-16-17-21(18,19)20;/h2-17H2,1H3,(H,18,19,20);/q;+1/p-1. The maximum absolute atomic E-state index is 10.4. The van der Waals surface area contributed by atoms with Crippen LogP contribution in [-0.4, -0.2) is 18.7 Å². The minimum absolute atomic E-state index is 0. The zero-order valence-corrected chi connectivity index (χ0v) is 16.5. The Balaban J connectivity index is 0. The van der Waals surface area contributed by atoms with Crippen LogP contribution in [0.15, 0.2) is 0 Å². The van der Waals surface area contributed by atoms with Gasteiger partial charge in [-0.05, 0) is 6.42 Å². The molecule has 0 radical (unpaired) electrons. The van der Waals surface area contributed by atoms with Crippen molar-refractivity contribution < 1.29 is 35.4 Å². The molecule has 0 saturated carbocycles. The van der Waals surface area contributed by atoms with Gasteiger partial charge in [-0.25, -0.2) is 8.42 Å². The van der Waals surface area contributed by atoms with E-state index >= 15 is 0 Å². The average Bonchev–Trinajstić information content (AvgIpc) is 2.42. The molecule has 0 amide bonds. The van der Waals surface area contributed by atoms with Crippen LogP contribution in [-0.2, 0) is 32.5 Å². The first-order valence-corrected chi connectivity index (χ1v) is 10.6. The molecule has 0 aromatic rings. The maximum Gasteiger partial charge on any atom is 1.00 e. The molecule has 3 nitrogen and oxygen atoms in total. The predicted molar refractivity (Wildman–Crippen MR) is 89.5 cm³/mol. The molecular formula is C17H35AgO3S. The summed E-state index contributed by atoms with van der Waals surface area (Å²) in [7, 11) is -3.99. The quantitative estimate of drug-likeness (QED) is 0.188. The molecule has 0 spiro atoms. The molecular weight excluding hydrogens is 392 g/mol. The molecule has 0 rings (SSSR count). The number of hydrogen-bond donors (Lipinski definition) is 0. The van der Waals surface area contributed by atoms with Crippen molar-refractivity contribution in [2.24, 2.45) is 0 Å². The average molecular weight is 427 g/mol. The third kappa shape index (κ3) is 22.9. The molecule has 5 heteroatoms. The van der Waals surface area contributed by atoms with Crippen molar-refractivity contribution in [3.05, 3.63) is 0 Å². The van der Waals surface area contributed by atoms with E-state index in [2.05, 4.69) is 6.92 Å². The molecule has 0 atom stereocenters. The summed E-state index contributed by atoms with van der Waals surface area (Å²) in [5.41, 5.74) is 0. The van der Waals surface area contributed by atoms with Gasteiger partial charge in [0.25, 0.3) is 0 Å². The van der Waals surface area contributed by atoms with Crippen molar-refractivity contribution in [3.63, 3.8) is 0 Å². The predicted octanol–water partition coefficient (Wildman–Crippen LogP) is 5.40. The fourth-order valence-corrected chi connectivity index (χ4v) is 3.21. The Kier molecular flexibility index (Phi) is 20.4. The van der Waals surface area contributed by atoms with Crippen LogP contribution < -0.4 is 0 Å². The second-order valence-electron chi connectivity index (χ2n) is 6.21. The van der Waals surface area contributed by atoms with E-state index in [1.807, 2.05) is 0 Å². The fourth-order valence-electron chi connectivity index (χ4n) is 2.65. The van der Waals surface area contributed by atoms with Crippen LogP contribution in [0.3, 0.4) is 0 Å². The Hall–Kier alpha value is 0.650. The van der Waals surface area contributed by atoms with E-state index in [4.69, 9.17) is 0 Å². The minimum Gasteiger partial charge on any atom is -0.748 e. The van der Waals surface area contributed by atoms with Gasteiger partial charge in [-0.15, -0.1) is 0 Å². The van der Waals surface area contributed by atoms with Gasteiger partial charge in [0, 0.05) is 5.75 Å². The molecule has 0 aliphatic carbocycles. The first kappa shape index (κ1) is 24.9. The molecule has 0 aromatic heterocycles. The molecule has 138 valence electrons. The van der Waals surface area contributed by atoms with Gasteiger partial charge in [0.05, 0.1) is 10.1 Å². The Morgan fingerprint density at radius 1 is 0.591 bits per heavy atom. The third-order valence-corrected chi connectivity index (χ3v) is 4.79. The Morgan fingerprint density at radius 3 is 1.14 bits per heavy atom. The van der Waals surface area contributed by atoms with E-state index in [9.17, 15) is 13.0 Å². The summed E-state index contributed by atoms with van der Waals surface area (Å²) in [5.74, 6) is -0.189. The van der Waals surface area contributed by atoms with Gasteiger partial charge < -0.3 is 4.55 Å². The number of rotatable bonds is 16. The topological polar surface area (TPSA) is 57.2 Å². The molecule has 0 aromatic carbocycles. The summed E-state index contributed by atoms with van der Waals surface area (Å²) in [6.45, 7) is 2.26. The Morgan fingerprint density at radius 2 is 0.864 bits per heavy atom. The second kappa shape index (κ2) is 18.0. The molecule has 0 aliphatic heterocycles. The molecule has 0 unspecified atom stereocenters. The first-order valence-electron chi connectivity index (χ1n) is 9.00. The van der Waals surface area contributed by atoms with Gasteiger partial charge in [-0.3, -0.25) is 0 Å². The van der Waals surface area contributed by atoms with E-state index in [0.29, 0.717) is 6.42 Å². The van der Waals surface area contributed by atoms with Crippen molar-refractivity contribution in [1.82, 2.24) is 0 Å². The third-order valence-electron chi connectivity index (χ3n) is 4.00. The zero-order valence-electron chi connectivity index (χ0n) is 14.2.